The lowest BCUT2D eigenvalue weighted by Gasteiger charge is -2.47. The number of unbranched alkanes of at least 4 members (excludes halogenated alkanes) is 2. The van der Waals surface area contributed by atoms with E-state index < -0.39 is 166 Å². The van der Waals surface area contributed by atoms with Crippen molar-refractivity contribution in [2.24, 2.45) is 40.6 Å². The van der Waals surface area contributed by atoms with E-state index in [-0.39, 0.29) is 81.2 Å². The molecule has 34 heteroatoms. The first-order valence-electron chi connectivity index (χ1n) is 41.6. The molecule has 10 unspecified atom stereocenters. The molecule has 6 saturated heterocycles. The van der Waals surface area contributed by atoms with Crippen molar-refractivity contribution in [3.63, 3.8) is 0 Å². The fraction of sp³-hybridized carbons (Fsp3) is 0.721. The maximum absolute atomic E-state index is 16.9. The Morgan fingerprint density at radius 1 is 0.625 bits per heavy atom. The number of azide groups is 1. The van der Waals surface area contributed by atoms with Crippen LogP contribution in [-0.2, 0) is 82.7 Å². The summed E-state index contributed by atoms with van der Waals surface area (Å²) in [5.41, 5.74) is 11.2. The smallest absolute Gasteiger partial charge is 0.410 e. The van der Waals surface area contributed by atoms with Gasteiger partial charge >= 0.3 is 24.1 Å². The van der Waals surface area contributed by atoms with Crippen LogP contribution in [0.5, 0.6) is 0 Å². The van der Waals surface area contributed by atoms with E-state index in [0.29, 0.717) is 62.1 Å². The molecular formula is C86H130F2N12O20. The Morgan fingerprint density at radius 3 is 1.41 bits per heavy atom. The van der Waals surface area contributed by atoms with Gasteiger partial charge in [0.15, 0.2) is 35.3 Å². The van der Waals surface area contributed by atoms with Gasteiger partial charge in [0.1, 0.15) is 41.7 Å². The monoisotopic (exact) mass is 1690 g/mol. The van der Waals surface area contributed by atoms with Crippen LogP contribution in [0.2, 0.25) is 0 Å². The van der Waals surface area contributed by atoms with Crippen LogP contribution in [0.1, 0.15) is 181 Å². The van der Waals surface area contributed by atoms with E-state index in [2.05, 4.69) is 26.3 Å². The number of fused-ring (bicyclic) bond motifs is 2. The van der Waals surface area contributed by atoms with Gasteiger partial charge in [0.2, 0.25) is 0 Å². The molecule has 6 aliphatic rings. The summed E-state index contributed by atoms with van der Waals surface area (Å²) in [6.07, 6.45) is -2.05. The number of terminal acetylenes is 1. The summed E-state index contributed by atoms with van der Waals surface area (Å²) in [5.74, 6) is -9.24. The summed E-state index contributed by atoms with van der Waals surface area (Å²) < 4.78 is 96.0. The molecule has 6 aliphatic heterocycles. The molecule has 9 rings (SSSR count). The minimum Gasteiger partial charge on any atom is -0.455 e. The van der Waals surface area contributed by atoms with Crippen molar-refractivity contribution in [2.75, 3.05) is 73.5 Å². The number of aliphatic hydroxyl groups excluding tert-OH is 2. The molecule has 2 aromatic carbocycles. The number of cyclic esters (lactones) is 2. The molecule has 0 spiro atoms. The number of hydrogen-bond donors (Lipinski definition) is 4. The number of nitrogen functional groups attached to an aromatic ring is 2. The number of hydrogen-bond acceptors (Lipinski definition) is 27. The fourth-order valence-electron chi connectivity index (χ4n) is 18.4. The third-order valence-electron chi connectivity index (χ3n) is 25.1. The highest BCUT2D eigenvalue weighted by atomic mass is 19.1. The number of nitrogens with zero attached hydrogens (tertiary/aromatic N) is 10. The topological polar surface area (TPSA) is 414 Å². The van der Waals surface area contributed by atoms with Crippen LogP contribution in [-0.4, -0.2) is 273 Å². The number of likely N-dealkylation sites (N-methyl/N-ethyl adjacent to an activating group) is 2. The summed E-state index contributed by atoms with van der Waals surface area (Å²) in [7, 11) is 10.0. The average Bonchev–Trinajstić information content (AvgIpc) is 1.53. The van der Waals surface area contributed by atoms with Crippen molar-refractivity contribution in [3.8, 4) is 23.6 Å². The predicted molar refractivity (Wildman–Crippen MR) is 441 cm³/mol. The molecule has 32 nitrogen and oxygen atoms in total. The van der Waals surface area contributed by atoms with Crippen molar-refractivity contribution in [3.05, 3.63) is 70.7 Å². The van der Waals surface area contributed by atoms with Crippen molar-refractivity contribution in [2.45, 2.75) is 301 Å². The minimum atomic E-state index is -3.19. The summed E-state index contributed by atoms with van der Waals surface area (Å²) >= 11 is 0. The highest BCUT2D eigenvalue weighted by Crippen LogP contribution is 2.47. The molecule has 668 valence electrons. The number of esters is 2. The minimum absolute atomic E-state index is 0.0111. The third kappa shape index (κ3) is 22.0. The van der Waals surface area contributed by atoms with Crippen molar-refractivity contribution in [1.82, 2.24) is 34.6 Å². The number of ether oxygens (including phenoxy) is 10. The van der Waals surface area contributed by atoms with Crippen LogP contribution < -0.4 is 11.5 Å². The molecule has 1 aromatic heterocycles. The molecule has 7 heterocycles. The number of carbonyl (C=O) groups is 8. The first kappa shape index (κ1) is 98.8. The molecule has 6 fully saturated rings. The Balaban J connectivity index is 0.000000302. The van der Waals surface area contributed by atoms with Gasteiger partial charge in [-0.1, -0.05) is 89.8 Å². The number of anilines is 2. The van der Waals surface area contributed by atoms with Crippen LogP contribution in [0.15, 0.2) is 59.8 Å². The van der Waals surface area contributed by atoms with Crippen molar-refractivity contribution < 1.29 is 105 Å². The van der Waals surface area contributed by atoms with E-state index >= 15 is 8.78 Å². The summed E-state index contributed by atoms with van der Waals surface area (Å²) in [4.78, 5) is 122. The molecule has 0 aliphatic carbocycles. The molecule has 3 aromatic rings. The molecule has 6 N–H and O–H groups in total. The highest BCUT2D eigenvalue weighted by molar-refractivity contribution is 6.08. The number of carbonyl (C=O) groups excluding carboxylic acids is 8. The fourth-order valence-corrected chi connectivity index (χ4v) is 18.4. The van der Waals surface area contributed by atoms with Crippen LogP contribution >= 0.6 is 0 Å². The Kier molecular flexibility index (Phi) is 33.9. The first-order chi connectivity index (χ1) is 56.1. The van der Waals surface area contributed by atoms with Gasteiger partial charge in [-0.15, -0.1) is 11.5 Å². The summed E-state index contributed by atoms with van der Waals surface area (Å²) in [6, 6.07) is 12.0. The summed E-state index contributed by atoms with van der Waals surface area (Å²) in [5, 5.41) is 34.8. The van der Waals surface area contributed by atoms with Gasteiger partial charge in [-0.25, -0.2) is 28.0 Å². The zero-order chi connectivity index (χ0) is 89.8. The van der Waals surface area contributed by atoms with E-state index in [1.807, 2.05) is 88.4 Å². The van der Waals surface area contributed by atoms with Crippen LogP contribution in [0, 0.1) is 47.9 Å². The number of alkyl halides is 2. The Bertz CT molecular complexity index is 4140. The molecule has 2 amide bonds. The number of aryl methyl sites for hydroxylation is 1. The number of halogens is 2. The second-order valence-electron chi connectivity index (χ2n) is 34.8. The van der Waals surface area contributed by atoms with Gasteiger partial charge in [-0.2, -0.15) is 0 Å². The largest absolute Gasteiger partial charge is 0.455 e. The van der Waals surface area contributed by atoms with Gasteiger partial charge in [0, 0.05) is 115 Å². The number of methoxy groups -OCH3 is 2. The third-order valence-corrected chi connectivity index (χ3v) is 25.1. The van der Waals surface area contributed by atoms with Gasteiger partial charge in [-0.05, 0) is 184 Å². The molecule has 26 atom stereocenters. The van der Waals surface area contributed by atoms with E-state index in [9.17, 15) is 48.6 Å². The zero-order valence-corrected chi connectivity index (χ0v) is 73.8. The second-order valence-corrected chi connectivity index (χ2v) is 34.8. The lowest BCUT2D eigenvalue weighted by atomic mass is 9.73. The number of benzene rings is 2. The number of Topliss-reactive ketones (excluding diaryl/α,β-unsaturated/α-hetero) is 4. The lowest BCUT2D eigenvalue weighted by molar-refractivity contribution is -0.295. The Labute approximate surface area is 704 Å². The van der Waals surface area contributed by atoms with Gasteiger partial charge in [0.25, 0.3) is 11.3 Å². The number of aliphatic hydroxyl groups is 2. The van der Waals surface area contributed by atoms with Gasteiger partial charge < -0.3 is 88.6 Å². The first-order valence-corrected chi connectivity index (χ1v) is 41.6. The van der Waals surface area contributed by atoms with Crippen LogP contribution in [0.25, 0.3) is 21.7 Å². The Morgan fingerprint density at radius 2 is 1.03 bits per heavy atom. The maximum Gasteiger partial charge on any atom is 0.410 e. The maximum atomic E-state index is 16.9. The van der Waals surface area contributed by atoms with E-state index in [4.69, 9.17) is 70.8 Å². The van der Waals surface area contributed by atoms with E-state index in [1.54, 1.807) is 92.1 Å². The molecular weight excluding hydrogens is 1560 g/mol. The van der Waals surface area contributed by atoms with Gasteiger partial charge in [-0.3, -0.25) is 23.9 Å². The van der Waals surface area contributed by atoms with E-state index in [1.165, 1.54) is 37.9 Å². The lowest BCUT2D eigenvalue weighted by Crippen LogP contribution is -2.61. The average molecular weight is 1690 g/mol. The Hall–Kier alpha value is -8.33. The zero-order valence-electron chi connectivity index (χ0n) is 73.8. The number of amides is 2. The standard InChI is InChI=1S/C43H65FN6O10.C35H58FN5O10.C8H7N/c1-12-32-43(8)35(50(40(55)60-43)19-14-13-18-49-23-30(46-47-49)28-16-15-17-29(45)21-28)26(4)33(51)24(2)22-41(6,56-11)37(27(5)36(53)42(7,44)39(54)58-32)59-38-34(52)31(48(9)10)20-25(3)57-38;1-12-24-35(8)27(41(32(46)51-35)16-14-13-15-38-39-37)21(4)25(42)19(2)18-33(6,47-11)29(22(5)28(44)34(7,36)31(45)49-24)50-30-26(43)23(40(9)10)17-20(3)48-30;1-2-7-4-3-5-8(9)6-7/h15-17,21,23-27,31-32,34-35,37-38,52H,12-14,18-20,22,45H2,1-11H3;19-24,26-27,29-30,43H,12-18H2,1-11H3;1,3-6H,9H2/t24-,25?,26+,27+,31?,32-,34?,35?,37-,38?,41+,42+,43-;19-,20?,21+,22+,23?,24-,26?,27?,29-,30?,33+,34+,35-;/m11./s1. The number of ketones is 4. The molecule has 0 saturated carbocycles. The van der Waals surface area contributed by atoms with E-state index in [0.717, 1.165) is 25.0 Å². The van der Waals surface area contributed by atoms with Crippen LogP contribution in [0.3, 0.4) is 0 Å². The molecule has 0 bridgehead atoms. The number of aromatic nitrogens is 3. The molecule has 120 heavy (non-hydrogen) atoms. The molecule has 0 radical (unpaired) electrons. The van der Waals surface area contributed by atoms with Crippen LogP contribution in [0.4, 0.5) is 29.7 Å². The predicted octanol–water partition coefficient (Wildman–Crippen LogP) is 10.2. The quantitative estimate of drug-likeness (QED) is 0.00886. The number of rotatable bonds is 21. The summed E-state index contributed by atoms with van der Waals surface area (Å²) in [6.45, 7) is 25.8. The normalized spacial score (nSPS) is 36.8. The second kappa shape index (κ2) is 41.2. The van der Waals surface area contributed by atoms with Crippen molar-refractivity contribution in [1.29, 1.82) is 0 Å². The SMILES string of the molecule is C#Cc1cccc(N)c1.CC[C@H]1OC(=O)[C@@](C)(F)C(=O)[C@H](C)[C@@H](OC2OC(C)CC(N(C)C)C2O)[C@@](C)(OC)C[C@@H](C)C(=O)[C@H](C)C2N(CCCCN=[N+]=[N-])C(=O)O[C@@]21C.CC[C@H]1OC(=O)[C@@](C)(F)C(=O)[C@H](C)[C@@H](OC2OC(C)CC(N(C)C)C2O)[C@@](C)(OC)C[C@@H](C)C(=O)[C@H](C)C2N(CCCCn3cc(-c4cccc(N)c4)nn3)C(=O)O[C@@]21C. The highest BCUT2D eigenvalue weighted by Gasteiger charge is 2.65. The van der Waals surface area contributed by atoms with Gasteiger partial charge in [0.05, 0.1) is 53.9 Å². The van der Waals surface area contributed by atoms with Crippen molar-refractivity contribution >= 4 is 58.6 Å². The number of nitrogens with two attached hydrogens (primary N) is 2.